The van der Waals surface area contributed by atoms with Gasteiger partial charge in [-0.05, 0) is 23.8 Å². The van der Waals surface area contributed by atoms with Crippen molar-refractivity contribution in [3.63, 3.8) is 0 Å². The molecule has 2 aromatic rings. The van der Waals surface area contributed by atoms with E-state index in [-0.39, 0.29) is 27.1 Å². The largest absolute Gasteiger partial charge is 0.466 e. The molecule has 176 valence electrons. The van der Waals surface area contributed by atoms with Crippen molar-refractivity contribution in [1.29, 1.82) is 5.26 Å². The van der Waals surface area contributed by atoms with Crippen molar-refractivity contribution in [3.8, 4) is 6.07 Å². The minimum atomic E-state index is -4.72. The summed E-state index contributed by atoms with van der Waals surface area (Å²) >= 11 is 3.03. The third-order valence-corrected chi connectivity index (χ3v) is 5.54. The molecule has 11 heteroatoms. The Balaban J connectivity index is 2.44. The molecular weight excluding hydrogens is 519 g/mol. The highest BCUT2D eigenvalue weighted by Crippen LogP contribution is 2.44. The van der Waals surface area contributed by atoms with Crippen LogP contribution in [0, 0.1) is 11.3 Å². The zero-order chi connectivity index (χ0) is 25.2. The molecule has 0 bridgehead atoms. The molecule has 1 heterocycles. The van der Waals surface area contributed by atoms with E-state index in [4.69, 9.17) is 15.2 Å². The Bertz CT molecular complexity index is 1250. The van der Waals surface area contributed by atoms with E-state index in [1.165, 1.54) is 6.07 Å². The van der Waals surface area contributed by atoms with Crippen molar-refractivity contribution in [3.05, 3.63) is 86.8 Å². The van der Waals surface area contributed by atoms with Crippen LogP contribution < -0.4 is 10.6 Å². The summed E-state index contributed by atoms with van der Waals surface area (Å²) in [5.41, 5.74) is 4.52. The van der Waals surface area contributed by atoms with Gasteiger partial charge in [-0.3, -0.25) is 4.90 Å². The van der Waals surface area contributed by atoms with Gasteiger partial charge in [-0.2, -0.15) is 18.4 Å². The Morgan fingerprint density at radius 1 is 1.09 bits per heavy atom. The number of nitriles is 1. The zero-order valence-corrected chi connectivity index (χ0v) is 19.4. The third-order valence-electron chi connectivity index (χ3n) is 5.08. The van der Waals surface area contributed by atoms with E-state index in [2.05, 4.69) is 15.9 Å². The number of nitrogens with two attached hydrogens (primary N) is 1. The average molecular weight is 536 g/mol. The van der Waals surface area contributed by atoms with Gasteiger partial charge in [-0.15, -0.1) is 0 Å². The summed E-state index contributed by atoms with van der Waals surface area (Å²) < 4.78 is 50.3. The molecule has 0 saturated carbocycles. The maximum absolute atomic E-state index is 13.5. The lowest BCUT2D eigenvalue weighted by atomic mass is 9.81. The number of rotatable bonds is 4. The first-order valence-electron chi connectivity index (χ1n) is 9.58. The second-order valence-corrected chi connectivity index (χ2v) is 7.95. The first-order chi connectivity index (χ1) is 16.0. The van der Waals surface area contributed by atoms with Crippen LogP contribution in [0.25, 0.3) is 0 Å². The molecule has 1 aliphatic heterocycles. The number of carbonyl (C=O) groups is 2. The Labute approximate surface area is 201 Å². The van der Waals surface area contributed by atoms with E-state index in [0.29, 0.717) is 5.56 Å². The Kier molecular flexibility index (Phi) is 7.02. The van der Waals surface area contributed by atoms with Crippen LogP contribution in [0.5, 0.6) is 0 Å². The number of allylic oxidation sites excluding steroid dienone is 1. The number of methoxy groups -OCH3 is 2. The van der Waals surface area contributed by atoms with Crippen LogP contribution in [-0.4, -0.2) is 26.2 Å². The molecule has 34 heavy (non-hydrogen) atoms. The van der Waals surface area contributed by atoms with Crippen LogP contribution in [0.4, 0.5) is 18.9 Å². The molecule has 0 saturated heterocycles. The SMILES string of the molecule is COC(=O)C1=C(C(=O)OC)N(c2cc(Br)cc(C(F)(F)F)c2)C(N)=C(C#N)C1c1ccccc1. The van der Waals surface area contributed by atoms with Crippen molar-refractivity contribution >= 4 is 33.6 Å². The van der Waals surface area contributed by atoms with E-state index in [9.17, 15) is 28.0 Å². The second kappa shape index (κ2) is 9.61. The fourth-order valence-electron chi connectivity index (χ4n) is 3.65. The molecule has 1 atom stereocenters. The summed E-state index contributed by atoms with van der Waals surface area (Å²) in [7, 11) is 2.12. The van der Waals surface area contributed by atoms with E-state index < -0.39 is 35.3 Å². The number of halogens is 4. The standard InChI is InChI=1S/C23H17BrF3N3O4/c1-33-21(31)18-17(12-6-4-3-5-7-12)16(11-28)20(29)30(19(18)22(32)34-2)15-9-13(23(25,26)27)8-14(24)10-15/h3-10,17H,29H2,1-2H3. The minimum absolute atomic E-state index is 0.0256. The van der Waals surface area contributed by atoms with Gasteiger partial charge in [0, 0.05) is 10.2 Å². The summed E-state index contributed by atoms with van der Waals surface area (Å²) in [5.74, 6) is -3.51. The number of ether oxygens (including phenoxy) is 2. The van der Waals surface area contributed by atoms with Crippen LogP contribution in [-0.2, 0) is 25.2 Å². The monoisotopic (exact) mass is 535 g/mol. The van der Waals surface area contributed by atoms with Crippen LogP contribution in [0.15, 0.2) is 75.7 Å². The van der Waals surface area contributed by atoms with Gasteiger partial charge in [0.1, 0.15) is 11.5 Å². The molecule has 1 aliphatic rings. The highest BCUT2D eigenvalue weighted by Gasteiger charge is 2.43. The predicted octanol–water partition coefficient (Wildman–Crippen LogP) is 4.37. The van der Waals surface area contributed by atoms with E-state index >= 15 is 0 Å². The van der Waals surface area contributed by atoms with Gasteiger partial charge in [-0.25, -0.2) is 9.59 Å². The summed E-state index contributed by atoms with van der Waals surface area (Å²) in [4.78, 5) is 26.8. The Hall–Kier alpha value is -3.78. The quantitative estimate of drug-likeness (QED) is 0.579. The zero-order valence-electron chi connectivity index (χ0n) is 17.8. The van der Waals surface area contributed by atoms with Gasteiger partial charge in [0.2, 0.25) is 0 Å². The lowest BCUT2D eigenvalue weighted by molar-refractivity contribution is -0.139. The Morgan fingerprint density at radius 3 is 2.24 bits per heavy atom. The lowest BCUT2D eigenvalue weighted by Crippen LogP contribution is -2.40. The molecule has 0 spiro atoms. The predicted molar refractivity (Wildman–Crippen MR) is 119 cm³/mol. The molecule has 0 amide bonds. The summed E-state index contributed by atoms with van der Waals surface area (Å²) in [5, 5.41) is 9.96. The summed E-state index contributed by atoms with van der Waals surface area (Å²) in [6.07, 6.45) is -4.72. The second-order valence-electron chi connectivity index (χ2n) is 7.03. The molecule has 0 aromatic heterocycles. The lowest BCUT2D eigenvalue weighted by Gasteiger charge is -2.36. The molecule has 2 N–H and O–H groups in total. The first kappa shape index (κ1) is 24.9. The van der Waals surface area contributed by atoms with Gasteiger partial charge in [-0.1, -0.05) is 46.3 Å². The van der Waals surface area contributed by atoms with Gasteiger partial charge >= 0.3 is 18.1 Å². The number of nitrogens with zero attached hydrogens (tertiary/aromatic N) is 2. The molecule has 0 aliphatic carbocycles. The van der Waals surface area contributed by atoms with Gasteiger partial charge in [0.25, 0.3) is 0 Å². The number of esters is 2. The third kappa shape index (κ3) is 4.49. The van der Waals surface area contributed by atoms with Gasteiger partial charge < -0.3 is 15.2 Å². The van der Waals surface area contributed by atoms with Crippen LogP contribution >= 0.6 is 15.9 Å². The van der Waals surface area contributed by atoms with Gasteiger partial charge in [0.05, 0.1) is 42.9 Å². The Morgan fingerprint density at radius 2 is 1.71 bits per heavy atom. The van der Waals surface area contributed by atoms with Crippen molar-refractivity contribution in [2.45, 2.75) is 12.1 Å². The van der Waals surface area contributed by atoms with Crippen LogP contribution in [0.1, 0.15) is 17.0 Å². The van der Waals surface area contributed by atoms with Crippen molar-refractivity contribution < 1.29 is 32.2 Å². The average Bonchev–Trinajstić information content (AvgIpc) is 2.81. The van der Waals surface area contributed by atoms with Crippen LogP contribution in [0.2, 0.25) is 0 Å². The molecule has 2 aromatic carbocycles. The molecule has 1 unspecified atom stereocenters. The normalized spacial score (nSPS) is 16.3. The first-order valence-corrected chi connectivity index (χ1v) is 10.4. The topological polar surface area (TPSA) is 106 Å². The number of alkyl halides is 3. The molecule has 0 fully saturated rings. The maximum Gasteiger partial charge on any atom is 0.416 e. The van der Waals surface area contributed by atoms with Gasteiger partial charge in [0.15, 0.2) is 0 Å². The van der Waals surface area contributed by atoms with Crippen molar-refractivity contribution in [2.75, 3.05) is 19.1 Å². The van der Waals surface area contributed by atoms with Crippen LogP contribution in [0.3, 0.4) is 0 Å². The summed E-state index contributed by atoms with van der Waals surface area (Å²) in [6, 6.07) is 13.0. The molecular formula is C23H17BrF3N3O4. The number of hydrogen-bond acceptors (Lipinski definition) is 7. The van der Waals surface area contributed by atoms with E-state index in [1.807, 2.05) is 6.07 Å². The van der Waals surface area contributed by atoms with Crippen molar-refractivity contribution in [1.82, 2.24) is 0 Å². The minimum Gasteiger partial charge on any atom is -0.466 e. The van der Waals surface area contributed by atoms with Crippen molar-refractivity contribution in [2.24, 2.45) is 5.73 Å². The number of anilines is 1. The van der Waals surface area contributed by atoms with E-state index in [0.717, 1.165) is 31.3 Å². The highest BCUT2D eigenvalue weighted by atomic mass is 79.9. The number of carbonyl (C=O) groups excluding carboxylic acids is 2. The smallest absolute Gasteiger partial charge is 0.416 e. The fraction of sp³-hybridized carbons (Fsp3) is 0.174. The summed E-state index contributed by atoms with van der Waals surface area (Å²) in [6.45, 7) is 0. The molecule has 3 rings (SSSR count). The number of benzene rings is 2. The molecule has 7 nitrogen and oxygen atoms in total. The maximum atomic E-state index is 13.5. The highest BCUT2D eigenvalue weighted by molar-refractivity contribution is 9.10. The molecule has 0 radical (unpaired) electrons. The van der Waals surface area contributed by atoms with E-state index in [1.54, 1.807) is 30.3 Å². The number of hydrogen-bond donors (Lipinski definition) is 1. The fourth-order valence-corrected chi connectivity index (χ4v) is 4.13.